The molecule has 0 unspecified atom stereocenters. The Balaban J connectivity index is 2.19. The number of halogens is 5. The predicted octanol–water partition coefficient (Wildman–Crippen LogP) is 4.25. The maximum atomic E-state index is 13.1. The van der Waals surface area contributed by atoms with Gasteiger partial charge < -0.3 is 5.32 Å². The molecule has 0 saturated heterocycles. The first-order chi connectivity index (χ1) is 9.77. The van der Waals surface area contributed by atoms with Crippen molar-refractivity contribution in [3.05, 3.63) is 58.1 Å². The van der Waals surface area contributed by atoms with Crippen molar-refractivity contribution in [2.24, 2.45) is 0 Å². The number of alkyl halides is 3. The van der Waals surface area contributed by atoms with E-state index in [9.17, 15) is 22.4 Å². The number of nitrogens with one attached hydrogen (secondary N) is 1. The van der Waals surface area contributed by atoms with Crippen molar-refractivity contribution in [2.75, 3.05) is 5.32 Å². The Morgan fingerprint density at radius 3 is 2.48 bits per heavy atom. The number of rotatable bonds is 2. The Kier molecular flexibility index (Phi) is 4.26. The molecule has 1 aromatic carbocycles. The summed E-state index contributed by atoms with van der Waals surface area (Å²) >= 11 is 3.12. The number of pyridine rings is 1. The number of carbonyl (C=O) groups is 1. The average Bonchev–Trinajstić information content (AvgIpc) is 2.42. The van der Waals surface area contributed by atoms with Crippen LogP contribution in [-0.2, 0) is 6.18 Å². The number of benzene rings is 1. The summed E-state index contributed by atoms with van der Waals surface area (Å²) in [4.78, 5) is 15.3. The third-order valence-electron chi connectivity index (χ3n) is 2.50. The second-order valence-electron chi connectivity index (χ2n) is 4.01. The molecule has 0 atom stereocenters. The standard InChI is InChI=1S/C13H7BrF4N2O/c14-9-3-2-8(15)5-11(9)20-12(21)10-4-1-7(6-19-10)13(16,17)18/h1-6H,(H,20,21). The zero-order valence-corrected chi connectivity index (χ0v) is 11.8. The van der Waals surface area contributed by atoms with E-state index in [1.165, 1.54) is 12.1 Å². The van der Waals surface area contributed by atoms with Gasteiger partial charge in [-0.25, -0.2) is 4.39 Å². The SMILES string of the molecule is O=C(Nc1cc(F)ccc1Br)c1ccc(C(F)(F)F)cn1. The number of anilines is 1. The van der Waals surface area contributed by atoms with E-state index in [4.69, 9.17) is 0 Å². The van der Waals surface area contributed by atoms with Crippen LogP contribution in [0.2, 0.25) is 0 Å². The normalized spacial score (nSPS) is 11.3. The molecule has 110 valence electrons. The molecule has 0 aliphatic rings. The molecule has 0 saturated carbocycles. The summed E-state index contributed by atoms with van der Waals surface area (Å²) in [5.41, 5.74) is -1.01. The summed E-state index contributed by atoms with van der Waals surface area (Å²) in [7, 11) is 0. The molecule has 3 nitrogen and oxygen atoms in total. The molecule has 0 radical (unpaired) electrons. The number of nitrogens with zero attached hydrogens (tertiary/aromatic N) is 1. The zero-order chi connectivity index (χ0) is 15.6. The smallest absolute Gasteiger partial charge is 0.320 e. The maximum Gasteiger partial charge on any atom is 0.417 e. The molecule has 21 heavy (non-hydrogen) atoms. The Morgan fingerprint density at radius 2 is 1.90 bits per heavy atom. The van der Waals surface area contributed by atoms with Gasteiger partial charge >= 0.3 is 6.18 Å². The van der Waals surface area contributed by atoms with E-state index in [1.54, 1.807) is 0 Å². The fraction of sp³-hybridized carbons (Fsp3) is 0.0769. The van der Waals surface area contributed by atoms with E-state index in [1.807, 2.05) is 0 Å². The Hall–Kier alpha value is -1.96. The van der Waals surface area contributed by atoms with Crippen LogP contribution < -0.4 is 5.32 Å². The first kappa shape index (κ1) is 15.4. The van der Waals surface area contributed by atoms with Crippen LogP contribution in [-0.4, -0.2) is 10.9 Å². The van der Waals surface area contributed by atoms with Crippen molar-refractivity contribution < 1.29 is 22.4 Å². The lowest BCUT2D eigenvalue weighted by Gasteiger charge is -2.09. The number of hydrogen-bond donors (Lipinski definition) is 1. The first-order valence-corrected chi connectivity index (χ1v) is 6.36. The molecule has 0 bridgehead atoms. The van der Waals surface area contributed by atoms with Gasteiger partial charge in [0.25, 0.3) is 5.91 Å². The van der Waals surface area contributed by atoms with Crippen molar-refractivity contribution in [1.82, 2.24) is 4.98 Å². The third kappa shape index (κ3) is 3.78. The summed E-state index contributed by atoms with van der Waals surface area (Å²) in [5, 5.41) is 2.36. The molecule has 0 fully saturated rings. The van der Waals surface area contributed by atoms with Gasteiger partial charge in [-0.05, 0) is 46.3 Å². The van der Waals surface area contributed by atoms with Crippen molar-refractivity contribution in [3.8, 4) is 0 Å². The van der Waals surface area contributed by atoms with Crippen LogP contribution in [0.4, 0.5) is 23.2 Å². The molecule has 2 aromatic rings. The van der Waals surface area contributed by atoms with Crippen molar-refractivity contribution in [2.45, 2.75) is 6.18 Å². The van der Waals surface area contributed by atoms with Crippen LogP contribution in [0.3, 0.4) is 0 Å². The van der Waals surface area contributed by atoms with E-state index in [2.05, 4.69) is 26.2 Å². The molecule has 1 heterocycles. The van der Waals surface area contributed by atoms with E-state index >= 15 is 0 Å². The van der Waals surface area contributed by atoms with Crippen LogP contribution in [0, 0.1) is 5.82 Å². The number of amides is 1. The van der Waals surface area contributed by atoms with Gasteiger partial charge in [0.15, 0.2) is 0 Å². The molecule has 1 amide bonds. The van der Waals surface area contributed by atoms with Crippen LogP contribution >= 0.6 is 15.9 Å². The molecule has 1 aromatic heterocycles. The lowest BCUT2D eigenvalue weighted by Crippen LogP contribution is -2.15. The van der Waals surface area contributed by atoms with Gasteiger partial charge in [-0.15, -0.1) is 0 Å². The lowest BCUT2D eigenvalue weighted by molar-refractivity contribution is -0.137. The number of aromatic nitrogens is 1. The minimum atomic E-state index is -4.52. The van der Waals surface area contributed by atoms with E-state index in [-0.39, 0.29) is 11.4 Å². The molecule has 0 spiro atoms. The Bertz CT molecular complexity index is 671. The maximum absolute atomic E-state index is 13.1. The first-order valence-electron chi connectivity index (χ1n) is 5.57. The van der Waals surface area contributed by atoms with Crippen molar-refractivity contribution in [3.63, 3.8) is 0 Å². The summed E-state index contributed by atoms with van der Waals surface area (Å²) in [6.07, 6.45) is -3.96. The molecule has 8 heteroatoms. The molecule has 0 aliphatic heterocycles. The second-order valence-corrected chi connectivity index (χ2v) is 4.86. The van der Waals surface area contributed by atoms with E-state index in [0.717, 1.165) is 18.2 Å². The van der Waals surface area contributed by atoms with Crippen molar-refractivity contribution >= 4 is 27.5 Å². The van der Waals surface area contributed by atoms with Gasteiger partial charge in [-0.2, -0.15) is 13.2 Å². The molecule has 1 N–H and O–H groups in total. The third-order valence-corrected chi connectivity index (χ3v) is 3.19. The lowest BCUT2D eigenvalue weighted by atomic mass is 10.2. The highest BCUT2D eigenvalue weighted by atomic mass is 79.9. The average molecular weight is 363 g/mol. The molecular formula is C13H7BrF4N2O. The van der Waals surface area contributed by atoms with Crippen LogP contribution in [0.1, 0.15) is 16.1 Å². The topological polar surface area (TPSA) is 42.0 Å². The summed E-state index contributed by atoms with van der Waals surface area (Å²) in [6.45, 7) is 0. The highest BCUT2D eigenvalue weighted by Gasteiger charge is 2.30. The molecular weight excluding hydrogens is 356 g/mol. The minimum Gasteiger partial charge on any atom is -0.320 e. The molecule has 2 rings (SSSR count). The summed E-state index contributed by atoms with van der Waals surface area (Å²) in [6, 6.07) is 5.36. The van der Waals surface area contributed by atoms with Gasteiger partial charge in [0.2, 0.25) is 0 Å². The fourth-order valence-corrected chi connectivity index (χ4v) is 1.82. The van der Waals surface area contributed by atoms with Gasteiger partial charge in [0.1, 0.15) is 11.5 Å². The predicted molar refractivity (Wildman–Crippen MR) is 71.3 cm³/mol. The highest BCUT2D eigenvalue weighted by molar-refractivity contribution is 9.10. The number of hydrogen-bond acceptors (Lipinski definition) is 2. The van der Waals surface area contributed by atoms with Crippen LogP contribution in [0.5, 0.6) is 0 Å². The Labute approximate surface area is 125 Å². The van der Waals surface area contributed by atoms with Gasteiger partial charge in [-0.3, -0.25) is 9.78 Å². The quantitative estimate of drug-likeness (QED) is 0.811. The fourth-order valence-electron chi connectivity index (χ4n) is 1.48. The largest absolute Gasteiger partial charge is 0.417 e. The van der Waals surface area contributed by atoms with Gasteiger partial charge in [0, 0.05) is 10.7 Å². The Morgan fingerprint density at radius 1 is 1.19 bits per heavy atom. The van der Waals surface area contributed by atoms with Crippen LogP contribution in [0.25, 0.3) is 0 Å². The second kappa shape index (κ2) is 5.80. The van der Waals surface area contributed by atoms with Gasteiger partial charge in [0.05, 0.1) is 11.3 Å². The summed E-state index contributed by atoms with van der Waals surface area (Å²) in [5.74, 6) is -1.30. The van der Waals surface area contributed by atoms with Crippen molar-refractivity contribution in [1.29, 1.82) is 0 Å². The van der Waals surface area contributed by atoms with Gasteiger partial charge in [-0.1, -0.05) is 0 Å². The monoisotopic (exact) mass is 362 g/mol. The minimum absolute atomic E-state index is 0.154. The summed E-state index contributed by atoms with van der Waals surface area (Å²) < 4.78 is 50.6. The molecule has 0 aliphatic carbocycles. The number of carbonyl (C=O) groups excluding carboxylic acids is 1. The highest BCUT2D eigenvalue weighted by Crippen LogP contribution is 2.28. The van der Waals surface area contributed by atoms with E-state index in [0.29, 0.717) is 10.7 Å². The zero-order valence-electron chi connectivity index (χ0n) is 10.2. The van der Waals surface area contributed by atoms with Crippen LogP contribution in [0.15, 0.2) is 41.0 Å². The van der Waals surface area contributed by atoms with E-state index < -0.39 is 23.5 Å².